The molecule has 1 heterocycles. The molecule has 2 N–H and O–H groups in total. The quantitative estimate of drug-likeness (QED) is 0.598. The fourth-order valence-corrected chi connectivity index (χ4v) is 2.94. The number of aliphatic imine (C=N–C) groups is 1. The average Bonchev–Trinajstić information content (AvgIpc) is 3.08. The smallest absolute Gasteiger partial charge is 0.222 e. The lowest BCUT2D eigenvalue weighted by Gasteiger charge is -2.21. The summed E-state index contributed by atoms with van der Waals surface area (Å²) < 4.78 is 5.84. The maximum absolute atomic E-state index is 11.8. The maximum atomic E-state index is 11.8. The van der Waals surface area contributed by atoms with E-state index in [2.05, 4.69) is 15.6 Å². The first kappa shape index (κ1) is 19.4. The predicted molar refractivity (Wildman–Crippen MR) is 101 cm³/mol. The number of benzene rings is 1. The molecule has 2 rings (SSSR count). The third-order valence-electron chi connectivity index (χ3n) is 4.13. The van der Waals surface area contributed by atoms with Gasteiger partial charge in [0.1, 0.15) is 11.9 Å². The van der Waals surface area contributed by atoms with E-state index in [1.165, 1.54) is 0 Å². The van der Waals surface area contributed by atoms with E-state index in [0.717, 1.165) is 19.5 Å². The molecule has 7 heteroatoms. The number of carbonyl (C=O) groups excluding carboxylic acids is 1. The number of amides is 1. The Labute approximate surface area is 154 Å². The minimum absolute atomic E-state index is 0.0693. The van der Waals surface area contributed by atoms with Gasteiger partial charge in [0.15, 0.2) is 5.96 Å². The fourth-order valence-electron chi connectivity index (χ4n) is 2.76. The number of likely N-dealkylation sites (tertiary alicyclic amines) is 1. The Balaban J connectivity index is 1.77. The van der Waals surface area contributed by atoms with E-state index >= 15 is 0 Å². The molecular weight excluding hydrogens is 340 g/mol. The van der Waals surface area contributed by atoms with Crippen molar-refractivity contribution in [3.63, 3.8) is 0 Å². The number of hydrogen-bond donors (Lipinski definition) is 2. The van der Waals surface area contributed by atoms with E-state index < -0.39 is 0 Å². The Morgan fingerprint density at radius 3 is 2.92 bits per heavy atom. The number of carbonyl (C=O) groups is 1. The van der Waals surface area contributed by atoms with Gasteiger partial charge in [-0.25, -0.2) is 0 Å². The number of para-hydroxylation sites is 1. The van der Waals surface area contributed by atoms with Crippen LogP contribution in [0.2, 0.25) is 5.02 Å². The zero-order valence-corrected chi connectivity index (χ0v) is 15.8. The lowest BCUT2D eigenvalue weighted by atomic mass is 10.3. The summed E-state index contributed by atoms with van der Waals surface area (Å²) in [7, 11) is 1.73. The molecule has 1 aliphatic rings. The summed E-state index contributed by atoms with van der Waals surface area (Å²) in [5.41, 5.74) is 0. The van der Waals surface area contributed by atoms with Crippen molar-refractivity contribution < 1.29 is 9.53 Å². The second-order valence-corrected chi connectivity index (χ2v) is 6.54. The number of nitrogens with zero attached hydrogens (tertiary/aromatic N) is 2. The molecule has 2 unspecified atom stereocenters. The highest BCUT2D eigenvalue weighted by Gasteiger charge is 2.25. The van der Waals surface area contributed by atoms with Crippen molar-refractivity contribution in [1.29, 1.82) is 0 Å². The molecule has 0 saturated carbocycles. The van der Waals surface area contributed by atoms with Crippen LogP contribution in [0.15, 0.2) is 29.3 Å². The summed E-state index contributed by atoms with van der Waals surface area (Å²) in [5, 5.41) is 7.23. The molecular formula is C18H27ClN4O2. The van der Waals surface area contributed by atoms with Crippen LogP contribution >= 0.6 is 11.6 Å². The Bertz CT molecular complexity index is 608. The molecule has 0 aliphatic carbocycles. The van der Waals surface area contributed by atoms with Gasteiger partial charge in [0.25, 0.3) is 0 Å². The van der Waals surface area contributed by atoms with E-state index in [1.54, 1.807) is 13.1 Å². The summed E-state index contributed by atoms with van der Waals surface area (Å²) in [4.78, 5) is 17.9. The van der Waals surface area contributed by atoms with Crippen LogP contribution < -0.4 is 15.4 Å². The first-order chi connectivity index (χ1) is 12.0. The van der Waals surface area contributed by atoms with Gasteiger partial charge in [-0.2, -0.15) is 0 Å². The lowest BCUT2D eigenvalue weighted by molar-refractivity contribution is -0.129. The van der Waals surface area contributed by atoms with Crippen LogP contribution in [-0.4, -0.2) is 55.6 Å². The van der Waals surface area contributed by atoms with Gasteiger partial charge in [0, 0.05) is 32.6 Å². The number of nitrogens with one attached hydrogen (secondary N) is 2. The third-order valence-corrected chi connectivity index (χ3v) is 4.44. The van der Waals surface area contributed by atoms with Gasteiger partial charge in [-0.3, -0.25) is 9.79 Å². The lowest BCUT2D eigenvalue weighted by Crippen LogP contribution is -2.47. The van der Waals surface area contributed by atoms with Crippen molar-refractivity contribution in [2.45, 2.75) is 38.8 Å². The van der Waals surface area contributed by atoms with Gasteiger partial charge in [0.05, 0.1) is 11.6 Å². The molecule has 138 valence electrons. The highest BCUT2D eigenvalue weighted by atomic mass is 35.5. The number of halogens is 1. The van der Waals surface area contributed by atoms with E-state index in [9.17, 15) is 4.79 Å². The molecule has 1 aliphatic heterocycles. The largest absolute Gasteiger partial charge is 0.487 e. The normalized spacial score (nSPS) is 18.8. The van der Waals surface area contributed by atoms with Crippen LogP contribution in [0, 0.1) is 0 Å². The van der Waals surface area contributed by atoms with Crippen molar-refractivity contribution in [3.05, 3.63) is 29.3 Å². The topological polar surface area (TPSA) is 66.0 Å². The predicted octanol–water partition coefficient (Wildman–Crippen LogP) is 2.28. The molecule has 25 heavy (non-hydrogen) atoms. The second-order valence-electron chi connectivity index (χ2n) is 6.14. The highest BCUT2D eigenvalue weighted by molar-refractivity contribution is 6.32. The molecule has 0 radical (unpaired) electrons. The van der Waals surface area contributed by atoms with Gasteiger partial charge in [-0.15, -0.1) is 0 Å². The van der Waals surface area contributed by atoms with Crippen LogP contribution in [-0.2, 0) is 4.79 Å². The van der Waals surface area contributed by atoms with E-state index in [-0.39, 0.29) is 18.1 Å². The Morgan fingerprint density at radius 2 is 2.24 bits per heavy atom. The molecule has 0 spiro atoms. The van der Waals surface area contributed by atoms with Crippen molar-refractivity contribution in [1.82, 2.24) is 15.5 Å². The second kappa shape index (κ2) is 9.51. The number of guanidine groups is 1. The molecule has 0 bridgehead atoms. The van der Waals surface area contributed by atoms with Gasteiger partial charge in [-0.05, 0) is 25.5 Å². The highest BCUT2D eigenvalue weighted by Crippen LogP contribution is 2.24. The standard InChI is InChI=1S/C18H27ClN4O2/c1-4-17(24)23-10-9-14(12-23)22-18(20-3)21-11-13(2)25-16-8-6-5-7-15(16)19/h5-8,13-14H,4,9-12H2,1-3H3,(H2,20,21,22). The van der Waals surface area contributed by atoms with E-state index in [0.29, 0.717) is 29.7 Å². The molecule has 2 atom stereocenters. The van der Waals surface area contributed by atoms with Crippen molar-refractivity contribution in [3.8, 4) is 5.75 Å². The summed E-state index contributed by atoms with van der Waals surface area (Å²) in [6, 6.07) is 7.65. The monoisotopic (exact) mass is 366 g/mol. The molecule has 0 aromatic heterocycles. The molecule has 1 amide bonds. The minimum atomic E-state index is -0.0693. The zero-order valence-electron chi connectivity index (χ0n) is 15.1. The zero-order chi connectivity index (χ0) is 18.2. The molecule has 1 aromatic carbocycles. The summed E-state index contributed by atoms with van der Waals surface area (Å²) >= 11 is 6.11. The van der Waals surface area contributed by atoms with Gasteiger partial charge < -0.3 is 20.3 Å². The summed E-state index contributed by atoms with van der Waals surface area (Å²) in [6.45, 7) is 5.98. The van der Waals surface area contributed by atoms with Gasteiger partial charge >= 0.3 is 0 Å². The van der Waals surface area contributed by atoms with Crippen molar-refractivity contribution in [2.24, 2.45) is 4.99 Å². The van der Waals surface area contributed by atoms with Gasteiger partial charge in [-0.1, -0.05) is 30.7 Å². The Hall–Kier alpha value is -1.95. The number of rotatable bonds is 6. The van der Waals surface area contributed by atoms with Crippen molar-refractivity contribution >= 4 is 23.5 Å². The van der Waals surface area contributed by atoms with Gasteiger partial charge in [0.2, 0.25) is 5.91 Å². The molecule has 6 nitrogen and oxygen atoms in total. The van der Waals surface area contributed by atoms with E-state index in [4.69, 9.17) is 16.3 Å². The molecule has 1 aromatic rings. The van der Waals surface area contributed by atoms with Crippen LogP contribution in [0.4, 0.5) is 0 Å². The van der Waals surface area contributed by atoms with Crippen LogP contribution in [0.25, 0.3) is 0 Å². The SMILES string of the molecule is CCC(=O)N1CCC(NC(=NC)NCC(C)Oc2ccccc2Cl)C1. The van der Waals surface area contributed by atoms with Crippen LogP contribution in [0.5, 0.6) is 5.75 Å². The van der Waals surface area contributed by atoms with E-state index in [1.807, 2.05) is 36.9 Å². The Morgan fingerprint density at radius 1 is 1.48 bits per heavy atom. The summed E-state index contributed by atoms with van der Waals surface area (Å²) in [6.07, 6.45) is 1.41. The first-order valence-corrected chi connectivity index (χ1v) is 9.07. The van der Waals surface area contributed by atoms with Crippen LogP contribution in [0.3, 0.4) is 0 Å². The minimum Gasteiger partial charge on any atom is -0.487 e. The van der Waals surface area contributed by atoms with Crippen molar-refractivity contribution in [2.75, 3.05) is 26.7 Å². The average molecular weight is 367 g/mol. The fraction of sp³-hybridized carbons (Fsp3) is 0.556. The maximum Gasteiger partial charge on any atom is 0.222 e. The molecule has 1 saturated heterocycles. The molecule has 1 fully saturated rings. The first-order valence-electron chi connectivity index (χ1n) is 8.69. The number of ether oxygens (including phenoxy) is 1. The number of hydrogen-bond acceptors (Lipinski definition) is 3. The Kier molecular flexibility index (Phi) is 7.37. The summed E-state index contributed by atoms with van der Waals surface area (Å²) in [5.74, 6) is 1.59. The third kappa shape index (κ3) is 5.81. The van der Waals surface area contributed by atoms with Crippen LogP contribution in [0.1, 0.15) is 26.7 Å².